The number of hydrogen-bond acceptors (Lipinski definition) is 4. The highest BCUT2D eigenvalue weighted by Crippen LogP contribution is 2.12. The Balaban J connectivity index is 2.31. The quantitative estimate of drug-likeness (QED) is 0.649. The molecule has 2 rings (SSSR count). The first-order valence-electron chi connectivity index (χ1n) is 7.00. The maximum Gasteiger partial charge on any atom is 0.241 e. The SMILES string of the molecule is CC(=O)C(NS(=O)(=O)c1ccc(C)cc1)C(=O)c1ccccc1. The van der Waals surface area contributed by atoms with Crippen LogP contribution in [-0.2, 0) is 14.8 Å². The summed E-state index contributed by atoms with van der Waals surface area (Å²) in [6, 6.07) is 12.8. The van der Waals surface area contributed by atoms with Gasteiger partial charge >= 0.3 is 0 Å². The lowest BCUT2D eigenvalue weighted by Gasteiger charge is -2.15. The van der Waals surface area contributed by atoms with E-state index < -0.39 is 27.6 Å². The van der Waals surface area contributed by atoms with Gasteiger partial charge in [0.15, 0.2) is 11.6 Å². The molecule has 23 heavy (non-hydrogen) atoms. The van der Waals surface area contributed by atoms with Crippen molar-refractivity contribution in [3.8, 4) is 0 Å². The summed E-state index contributed by atoms with van der Waals surface area (Å²) >= 11 is 0. The molecule has 0 saturated heterocycles. The van der Waals surface area contributed by atoms with E-state index in [0.29, 0.717) is 0 Å². The van der Waals surface area contributed by atoms with Crippen molar-refractivity contribution in [1.29, 1.82) is 0 Å². The van der Waals surface area contributed by atoms with E-state index in [-0.39, 0.29) is 10.5 Å². The van der Waals surface area contributed by atoms with Gasteiger partial charge in [-0.1, -0.05) is 48.0 Å². The van der Waals surface area contributed by atoms with Crippen molar-refractivity contribution in [3.63, 3.8) is 0 Å². The maximum atomic E-state index is 12.4. The summed E-state index contributed by atoms with van der Waals surface area (Å²) in [6.07, 6.45) is 0. The molecule has 120 valence electrons. The molecule has 0 heterocycles. The van der Waals surface area contributed by atoms with E-state index in [1.807, 2.05) is 6.92 Å². The van der Waals surface area contributed by atoms with Crippen LogP contribution in [0.25, 0.3) is 0 Å². The van der Waals surface area contributed by atoms with Gasteiger partial charge in [0.2, 0.25) is 10.0 Å². The molecule has 0 saturated carbocycles. The summed E-state index contributed by atoms with van der Waals surface area (Å²) < 4.78 is 27.0. The average molecular weight is 331 g/mol. The van der Waals surface area contributed by atoms with Crippen LogP contribution in [0.15, 0.2) is 59.5 Å². The Morgan fingerprint density at radius 1 is 0.957 bits per heavy atom. The van der Waals surface area contributed by atoms with Gasteiger partial charge in [-0.05, 0) is 26.0 Å². The number of sulfonamides is 1. The van der Waals surface area contributed by atoms with E-state index in [2.05, 4.69) is 4.72 Å². The van der Waals surface area contributed by atoms with Gasteiger partial charge in [0.1, 0.15) is 6.04 Å². The number of Topliss-reactive ketones (excluding diaryl/α,β-unsaturated/α-hetero) is 2. The lowest BCUT2D eigenvalue weighted by molar-refractivity contribution is -0.117. The molecule has 1 unspecified atom stereocenters. The van der Waals surface area contributed by atoms with Gasteiger partial charge in [-0.15, -0.1) is 0 Å². The van der Waals surface area contributed by atoms with Crippen LogP contribution in [0.5, 0.6) is 0 Å². The molecule has 0 aromatic heterocycles. The molecule has 1 atom stereocenters. The number of hydrogen-bond donors (Lipinski definition) is 1. The van der Waals surface area contributed by atoms with Gasteiger partial charge in [0.25, 0.3) is 0 Å². The van der Waals surface area contributed by atoms with Crippen LogP contribution in [0.3, 0.4) is 0 Å². The summed E-state index contributed by atoms with van der Waals surface area (Å²) in [7, 11) is -3.97. The average Bonchev–Trinajstić information content (AvgIpc) is 2.53. The molecule has 0 aliphatic rings. The molecule has 0 fully saturated rings. The lowest BCUT2D eigenvalue weighted by Crippen LogP contribution is -2.45. The first-order valence-corrected chi connectivity index (χ1v) is 8.48. The third kappa shape index (κ3) is 4.12. The fraction of sp³-hybridized carbons (Fsp3) is 0.176. The first kappa shape index (κ1) is 17.1. The van der Waals surface area contributed by atoms with Crippen molar-refractivity contribution in [2.45, 2.75) is 24.8 Å². The van der Waals surface area contributed by atoms with E-state index in [9.17, 15) is 18.0 Å². The Labute approximate surface area is 135 Å². The molecule has 5 nitrogen and oxygen atoms in total. The van der Waals surface area contributed by atoms with Crippen LogP contribution in [-0.4, -0.2) is 26.0 Å². The highest BCUT2D eigenvalue weighted by atomic mass is 32.2. The Hall–Kier alpha value is -2.31. The van der Waals surface area contributed by atoms with Crippen molar-refractivity contribution in [2.75, 3.05) is 0 Å². The predicted molar refractivity (Wildman–Crippen MR) is 86.7 cm³/mol. The third-order valence-electron chi connectivity index (χ3n) is 3.33. The van der Waals surface area contributed by atoms with Gasteiger partial charge in [-0.3, -0.25) is 9.59 Å². The van der Waals surface area contributed by atoms with E-state index in [1.54, 1.807) is 42.5 Å². The van der Waals surface area contributed by atoms with Crippen molar-refractivity contribution in [1.82, 2.24) is 4.72 Å². The minimum atomic E-state index is -3.97. The molecule has 1 N–H and O–H groups in total. The van der Waals surface area contributed by atoms with E-state index in [0.717, 1.165) is 5.56 Å². The normalized spacial score (nSPS) is 12.6. The zero-order chi connectivity index (χ0) is 17.0. The van der Waals surface area contributed by atoms with E-state index in [1.165, 1.54) is 19.1 Å². The molecule has 2 aromatic rings. The van der Waals surface area contributed by atoms with Crippen molar-refractivity contribution >= 4 is 21.6 Å². The molecular weight excluding hydrogens is 314 g/mol. The van der Waals surface area contributed by atoms with Crippen LogP contribution >= 0.6 is 0 Å². The summed E-state index contributed by atoms with van der Waals surface area (Å²) in [5, 5.41) is 0. The van der Waals surface area contributed by atoms with Crippen LogP contribution < -0.4 is 4.72 Å². The Bertz CT molecular complexity index is 811. The minimum absolute atomic E-state index is 0.00946. The highest BCUT2D eigenvalue weighted by Gasteiger charge is 2.29. The summed E-state index contributed by atoms with van der Waals surface area (Å²) in [4.78, 5) is 24.2. The summed E-state index contributed by atoms with van der Waals surface area (Å²) in [5.41, 5.74) is 1.19. The topological polar surface area (TPSA) is 80.3 Å². The molecule has 0 aliphatic heterocycles. The van der Waals surface area contributed by atoms with Gasteiger partial charge < -0.3 is 0 Å². The predicted octanol–water partition coefficient (Wildman–Crippen LogP) is 2.11. The second-order valence-electron chi connectivity index (χ2n) is 5.21. The monoisotopic (exact) mass is 331 g/mol. The van der Waals surface area contributed by atoms with Crippen molar-refractivity contribution in [3.05, 3.63) is 65.7 Å². The highest BCUT2D eigenvalue weighted by molar-refractivity contribution is 7.89. The number of rotatable bonds is 6. The van der Waals surface area contributed by atoms with E-state index in [4.69, 9.17) is 0 Å². The summed E-state index contributed by atoms with van der Waals surface area (Å²) in [6.45, 7) is 3.02. The number of ketones is 2. The van der Waals surface area contributed by atoms with Crippen LogP contribution in [0.4, 0.5) is 0 Å². The van der Waals surface area contributed by atoms with Crippen molar-refractivity contribution < 1.29 is 18.0 Å². The number of carbonyl (C=O) groups is 2. The van der Waals surface area contributed by atoms with Crippen LogP contribution in [0.2, 0.25) is 0 Å². The fourth-order valence-electron chi connectivity index (χ4n) is 2.03. The maximum absolute atomic E-state index is 12.4. The Morgan fingerprint density at radius 2 is 1.52 bits per heavy atom. The zero-order valence-corrected chi connectivity index (χ0v) is 13.6. The third-order valence-corrected chi connectivity index (χ3v) is 4.77. The molecule has 0 spiro atoms. The van der Waals surface area contributed by atoms with Gasteiger partial charge in [-0.25, -0.2) is 8.42 Å². The number of benzene rings is 2. The van der Waals surface area contributed by atoms with Gasteiger partial charge in [0, 0.05) is 5.56 Å². The smallest absolute Gasteiger partial charge is 0.241 e. The molecule has 0 bridgehead atoms. The van der Waals surface area contributed by atoms with Crippen molar-refractivity contribution in [2.24, 2.45) is 0 Å². The van der Waals surface area contributed by atoms with Crippen LogP contribution in [0.1, 0.15) is 22.8 Å². The lowest BCUT2D eigenvalue weighted by atomic mass is 10.0. The van der Waals surface area contributed by atoms with Gasteiger partial charge in [0.05, 0.1) is 4.90 Å². The number of aryl methyl sites for hydroxylation is 1. The standard InChI is InChI=1S/C17H17NO4S/c1-12-8-10-15(11-9-12)23(21,22)18-16(13(2)19)17(20)14-6-4-3-5-7-14/h3-11,16,18H,1-2H3. The second kappa shape index (κ2) is 6.85. The molecular formula is C17H17NO4S. The Morgan fingerprint density at radius 3 is 2.04 bits per heavy atom. The van der Waals surface area contributed by atoms with Crippen LogP contribution in [0, 0.1) is 6.92 Å². The first-order chi connectivity index (χ1) is 10.8. The second-order valence-corrected chi connectivity index (χ2v) is 6.92. The largest absolute Gasteiger partial charge is 0.298 e. The number of nitrogens with one attached hydrogen (secondary N) is 1. The van der Waals surface area contributed by atoms with E-state index >= 15 is 0 Å². The molecule has 0 radical (unpaired) electrons. The molecule has 6 heteroatoms. The molecule has 0 aliphatic carbocycles. The number of carbonyl (C=O) groups excluding carboxylic acids is 2. The Kier molecular flexibility index (Phi) is 5.08. The summed E-state index contributed by atoms with van der Waals surface area (Å²) in [5.74, 6) is -1.14. The minimum Gasteiger partial charge on any atom is -0.298 e. The fourth-order valence-corrected chi connectivity index (χ4v) is 3.24. The zero-order valence-electron chi connectivity index (χ0n) is 12.8. The van der Waals surface area contributed by atoms with Gasteiger partial charge in [-0.2, -0.15) is 4.72 Å². The molecule has 0 amide bonds. The molecule has 2 aromatic carbocycles.